The van der Waals surface area contributed by atoms with E-state index in [9.17, 15) is 13.2 Å². The molecule has 0 spiro atoms. The minimum absolute atomic E-state index is 0.306. The molecule has 0 aliphatic carbocycles. The Labute approximate surface area is 89.4 Å². The molecule has 1 aliphatic rings. The first-order chi connectivity index (χ1) is 6.85. The summed E-state index contributed by atoms with van der Waals surface area (Å²) in [6.45, 7) is 3.72. The fourth-order valence-corrected chi connectivity index (χ4v) is 2.89. The SMILES string of the molecule is CC1=CCCN(S(=O)(=O)C(C)C(=O)O)C1. The number of sulfonamides is 1. The molecular formula is C9H15NO4S. The van der Waals surface area contributed by atoms with Crippen molar-refractivity contribution < 1.29 is 18.3 Å². The topological polar surface area (TPSA) is 74.7 Å². The second-order valence-electron chi connectivity index (χ2n) is 3.70. The molecular weight excluding hydrogens is 218 g/mol. The lowest BCUT2D eigenvalue weighted by atomic mass is 10.2. The van der Waals surface area contributed by atoms with Crippen molar-refractivity contribution in [3.8, 4) is 0 Å². The Morgan fingerprint density at radius 2 is 2.20 bits per heavy atom. The van der Waals surface area contributed by atoms with Gasteiger partial charge in [0.05, 0.1) is 0 Å². The van der Waals surface area contributed by atoms with E-state index in [0.29, 0.717) is 19.5 Å². The van der Waals surface area contributed by atoms with Crippen molar-refractivity contribution in [2.75, 3.05) is 13.1 Å². The predicted molar refractivity (Wildman–Crippen MR) is 56.0 cm³/mol. The van der Waals surface area contributed by atoms with Gasteiger partial charge in [-0.1, -0.05) is 11.6 Å². The van der Waals surface area contributed by atoms with E-state index >= 15 is 0 Å². The molecule has 0 aromatic carbocycles. The second kappa shape index (κ2) is 4.32. The minimum Gasteiger partial charge on any atom is -0.480 e. The Hall–Kier alpha value is -0.880. The molecule has 1 N–H and O–H groups in total. The van der Waals surface area contributed by atoms with Gasteiger partial charge < -0.3 is 5.11 Å². The van der Waals surface area contributed by atoms with Crippen LogP contribution in [0.2, 0.25) is 0 Å². The number of hydrogen-bond acceptors (Lipinski definition) is 3. The van der Waals surface area contributed by atoms with Gasteiger partial charge in [0.2, 0.25) is 10.0 Å². The van der Waals surface area contributed by atoms with Gasteiger partial charge in [0.15, 0.2) is 5.25 Å². The smallest absolute Gasteiger partial charge is 0.323 e. The highest BCUT2D eigenvalue weighted by atomic mass is 32.2. The van der Waals surface area contributed by atoms with Gasteiger partial charge in [0.25, 0.3) is 0 Å². The molecule has 86 valence electrons. The molecule has 5 nitrogen and oxygen atoms in total. The van der Waals surface area contributed by atoms with Gasteiger partial charge in [-0.3, -0.25) is 4.79 Å². The average molecular weight is 233 g/mol. The van der Waals surface area contributed by atoms with E-state index in [-0.39, 0.29) is 0 Å². The molecule has 0 bridgehead atoms. The third kappa shape index (κ3) is 2.57. The van der Waals surface area contributed by atoms with Crippen LogP contribution in [-0.4, -0.2) is 42.1 Å². The van der Waals surface area contributed by atoms with Crippen molar-refractivity contribution in [1.82, 2.24) is 4.31 Å². The van der Waals surface area contributed by atoms with Crippen molar-refractivity contribution in [2.24, 2.45) is 0 Å². The normalized spacial score (nSPS) is 20.8. The number of aliphatic carboxylic acids is 1. The predicted octanol–water partition coefficient (Wildman–Crippen LogP) is 0.441. The summed E-state index contributed by atoms with van der Waals surface area (Å²) >= 11 is 0. The summed E-state index contributed by atoms with van der Waals surface area (Å²) in [6, 6.07) is 0. The van der Waals surface area contributed by atoms with Gasteiger partial charge in [-0.25, -0.2) is 8.42 Å². The lowest BCUT2D eigenvalue weighted by Crippen LogP contribution is -2.43. The molecule has 1 unspecified atom stereocenters. The van der Waals surface area contributed by atoms with Crippen LogP contribution in [0.5, 0.6) is 0 Å². The van der Waals surface area contributed by atoms with Crippen LogP contribution in [-0.2, 0) is 14.8 Å². The number of carboxylic acid groups (broad SMARTS) is 1. The first-order valence-electron chi connectivity index (χ1n) is 4.73. The standard InChI is InChI=1S/C9H15NO4S/c1-7-4-3-5-10(6-7)15(13,14)8(2)9(11)12/h4,8H,3,5-6H2,1-2H3,(H,11,12). The molecule has 1 atom stereocenters. The van der Waals surface area contributed by atoms with Crippen molar-refractivity contribution in [1.29, 1.82) is 0 Å². The van der Waals surface area contributed by atoms with Crippen molar-refractivity contribution in [2.45, 2.75) is 25.5 Å². The fourth-order valence-electron chi connectivity index (χ4n) is 1.44. The third-order valence-electron chi connectivity index (χ3n) is 2.45. The molecule has 6 heteroatoms. The average Bonchev–Trinajstić information content (AvgIpc) is 2.16. The Bertz CT molecular complexity index is 385. The van der Waals surface area contributed by atoms with E-state index in [1.54, 1.807) is 0 Å². The molecule has 0 fully saturated rings. The first-order valence-corrected chi connectivity index (χ1v) is 6.23. The lowest BCUT2D eigenvalue weighted by Gasteiger charge is -2.26. The van der Waals surface area contributed by atoms with Crippen LogP contribution in [0.15, 0.2) is 11.6 Å². The van der Waals surface area contributed by atoms with E-state index in [1.807, 2.05) is 13.0 Å². The highest BCUT2D eigenvalue weighted by molar-refractivity contribution is 7.90. The molecule has 0 saturated carbocycles. The van der Waals surface area contributed by atoms with Gasteiger partial charge in [-0.15, -0.1) is 0 Å². The van der Waals surface area contributed by atoms with E-state index in [1.165, 1.54) is 11.2 Å². The van der Waals surface area contributed by atoms with Crippen LogP contribution in [0, 0.1) is 0 Å². The summed E-state index contributed by atoms with van der Waals surface area (Å²) in [5, 5.41) is 7.32. The Morgan fingerprint density at radius 1 is 1.60 bits per heavy atom. The molecule has 0 radical (unpaired) electrons. The Kier molecular flexibility index (Phi) is 3.51. The molecule has 0 aromatic rings. The summed E-state index contributed by atoms with van der Waals surface area (Å²) in [5.41, 5.74) is 0.961. The number of rotatable bonds is 3. The molecule has 1 aliphatic heterocycles. The number of nitrogens with zero attached hydrogens (tertiary/aromatic N) is 1. The maximum Gasteiger partial charge on any atom is 0.323 e. The molecule has 0 aromatic heterocycles. The van der Waals surface area contributed by atoms with Crippen molar-refractivity contribution in [3.05, 3.63) is 11.6 Å². The maximum atomic E-state index is 11.8. The molecule has 0 amide bonds. The van der Waals surface area contributed by atoms with E-state index in [2.05, 4.69) is 0 Å². The van der Waals surface area contributed by atoms with E-state index < -0.39 is 21.2 Å². The van der Waals surface area contributed by atoms with Crippen LogP contribution in [0.1, 0.15) is 20.3 Å². The zero-order chi connectivity index (χ0) is 11.6. The van der Waals surface area contributed by atoms with Crippen molar-refractivity contribution >= 4 is 16.0 Å². The monoisotopic (exact) mass is 233 g/mol. The summed E-state index contributed by atoms with van der Waals surface area (Å²) in [4.78, 5) is 10.6. The zero-order valence-electron chi connectivity index (χ0n) is 8.80. The summed E-state index contributed by atoms with van der Waals surface area (Å²) in [6.07, 6.45) is 2.62. The van der Waals surface area contributed by atoms with Gasteiger partial charge >= 0.3 is 5.97 Å². The van der Waals surface area contributed by atoms with Crippen LogP contribution < -0.4 is 0 Å². The van der Waals surface area contributed by atoms with Crippen LogP contribution in [0.3, 0.4) is 0 Å². The molecule has 15 heavy (non-hydrogen) atoms. The minimum atomic E-state index is -3.70. The summed E-state index contributed by atoms with van der Waals surface area (Å²) < 4.78 is 24.8. The number of carbonyl (C=O) groups is 1. The molecule has 1 heterocycles. The van der Waals surface area contributed by atoms with Gasteiger partial charge in [-0.05, 0) is 20.3 Å². The molecule has 1 rings (SSSR count). The number of carboxylic acids is 1. The summed E-state index contributed by atoms with van der Waals surface area (Å²) in [7, 11) is -3.70. The highest BCUT2D eigenvalue weighted by Crippen LogP contribution is 2.16. The third-order valence-corrected chi connectivity index (χ3v) is 4.58. The zero-order valence-corrected chi connectivity index (χ0v) is 9.62. The molecule has 0 saturated heterocycles. The van der Waals surface area contributed by atoms with Crippen LogP contribution >= 0.6 is 0 Å². The second-order valence-corrected chi connectivity index (χ2v) is 5.95. The largest absolute Gasteiger partial charge is 0.480 e. The highest BCUT2D eigenvalue weighted by Gasteiger charge is 2.34. The van der Waals surface area contributed by atoms with Crippen molar-refractivity contribution in [3.63, 3.8) is 0 Å². The Morgan fingerprint density at radius 3 is 2.67 bits per heavy atom. The number of hydrogen-bond donors (Lipinski definition) is 1. The van der Waals surface area contributed by atoms with E-state index in [4.69, 9.17) is 5.11 Å². The van der Waals surface area contributed by atoms with E-state index in [0.717, 1.165) is 5.57 Å². The van der Waals surface area contributed by atoms with Gasteiger partial charge in [-0.2, -0.15) is 4.31 Å². The maximum absolute atomic E-state index is 11.8. The van der Waals surface area contributed by atoms with Gasteiger partial charge in [0.1, 0.15) is 0 Å². The lowest BCUT2D eigenvalue weighted by molar-refractivity contribution is -0.136. The first kappa shape index (κ1) is 12.2. The van der Waals surface area contributed by atoms with Gasteiger partial charge in [0, 0.05) is 13.1 Å². The fraction of sp³-hybridized carbons (Fsp3) is 0.667. The quantitative estimate of drug-likeness (QED) is 0.718. The Balaban J connectivity index is 2.88. The van der Waals surface area contributed by atoms with Crippen LogP contribution in [0.25, 0.3) is 0 Å². The summed E-state index contributed by atoms with van der Waals surface area (Å²) in [5.74, 6) is -1.30. The van der Waals surface area contributed by atoms with Crippen LogP contribution in [0.4, 0.5) is 0 Å².